The van der Waals surface area contributed by atoms with Gasteiger partial charge in [-0.15, -0.1) is 0 Å². The third kappa shape index (κ3) is 2.48. The molecule has 2 aliphatic rings. The molecule has 0 saturated carbocycles. The van der Waals surface area contributed by atoms with Crippen molar-refractivity contribution in [1.82, 2.24) is 15.2 Å². The van der Waals surface area contributed by atoms with Crippen LogP contribution in [0.3, 0.4) is 0 Å². The van der Waals surface area contributed by atoms with Crippen molar-refractivity contribution in [2.45, 2.75) is 37.8 Å². The number of nitrogens with two attached hydrogens (primary N) is 1. The van der Waals surface area contributed by atoms with Crippen molar-refractivity contribution in [2.24, 2.45) is 18.8 Å². The maximum atomic E-state index is 6.01. The van der Waals surface area contributed by atoms with Gasteiger partial charge in [0.1, 0.15) is 0 Å². The molecule has 2 aliphatic heterocycles. The molecule has 1 aromatic rings. The van der Waals surface area contributed by atoms with Crippen LogP contribution in [0.5, 0.6) is 0 Å². The number of rotatable bonds is 3. The number of hydrogen-bond donors (Lipinski definition) is 2. The second kappa shape index (κ2) is 5.44. The first-order chi connectivity index (χ1) is 9.63. The Morgan fingerprint density at radius 2 is 2.40 bits per heavy atom. The fourth-order valence-electron chi connectivity index (χ4n) is 3.60. The smallest absolute Gasteiger partial charge is 0.0940 e. The molecule has 6 nitrogen and oxygen atoms in total. The standard InChI is InChI=1S/C14H24N4O2/c1-10-7-12(18(2)17-10)13(16-15)11-3-5-20-14(8-11)4-6-19-9-14/h7,11,13,16H,3-6,8-9,15H2,1-2H3. The van der Waals surface area contributed by atoms with E-state index in [0.717, 1.165) is 43.9 Å². The van der Waals surface area contributed by atoms with Crippen LogP contribution in [-0.4, -0.2) is 35.2 Å². The molecule has 0 aromatic carbocycles. The predicted octanol–water partition coefficient (Wildman–Crippen LogP) is 0.819. The zero-order valence-corrected chi connectivity index (χ0v) is 12.3. The Bertz CT molecular complexity index is 468. The molecule has 3 N–H and O–H groups in total. The van der Waals surface area contributed by atoms with Crippen LogP contribution in [-0.2, 0) is 16.5 Å². The number of nitrogens with zero attached hydrogens (tertiary/aromatic N) is 2. The topological polar surface area (TPSA) is 74.3 Å². The van der Waals surface area contributed by atoms with Gasteiger partial charge in [-0.1, -0.05) is 0 Å². The van der Waals surface area contributed by atoms with Gasteiger partial charge in [0.2, 0.25) is 0 Å². The third-order valence-corrected chi connectivity index (χ3v) is 4.61. The summed E-state index contributed by atoms with van der Waals surface area (Å²) in [7, 11) is 1.97. The fraction of sp³-hybridized carbons (Fsp3) is 0.786. The van der Waals surface area contributed by atoms with Gasteiger partial charge in [0.15, 0.2) is 0 Å². The molecule has 3 atom stereocenters. The summed E-state index contributed by atoms with van der Waals surface area (Å²) in [5.41, 5.74) is 5.07. The van der Waals surface area contributed by atoms with Crippen molar-refractivity contribution in [3.63, 3.8) is 0 Å². The Morgan fingerprint density at radius 1 is 1.55 bits per heavy atom. The molecule has 20 heavy (non-hydrogen) atoms. The van der Waals surface area contributed by atoms with Crippen LogP contribution in [0.25, 0.3) is 0 Å². The molecule has 0 amide bonds. The average Bonchev–Trinajstić information content (AvgIpc) is 2.99. The molecule has 1 spiro atoms. The molecular weight excluding hydrogens is 256 g/mol. The average molecular weight is 280 g/mol. The van der Waals surface area contributed by atoms with Gasteiger partial charge in [0, 0.05) is 26.7 Å². The highest BCUT2D eigenvalue weighted by Crippen LogP contribution is 2.40. The number of hydrazine groups is 1. The first-order valence-corrected chi connectivity index (χ1v) is 7.32. The molecule has 0 aliphatic carbocycles. The first-order valence-electron chi connectivity index (χ1n) is 7.32. The van der Waals surface area contributed by atoms with Crippen molar-refractivity contribution in [1.29, 1.82) is 0 Å². The lowest BCUT2D eigenvalue weighted by atomic mass is 9.80. The maximum Gasteiger partial charge on any atom is 0.0940 e. The summed E-state index contributed by atoms with van der Waals surface area (Å²) in [6.45, 7) is 4.31. The summed E-state index contributed by atoms with van der Waals surface area (Å²) in [5, 5.41) is 4.43. The van der Waals surface area contributed by atoms with Gasteiger partial charge >= 0.3 is 0 Å². The van der Waals surface area contributed by atoms with Crippen LogP contribution in [0.15, 0.2) is 6.07 Å². The Balaban J connectivity index is 1.80. The van der Waals surface area contributed by atoms with E-state index in [1.54, 1.807) is 0 Å². The van der Waals surface area contributed by atoms with Gasteiger partial charge in [-0.3, -0.25) is 16.0 Å². The molecule has 1 aromatic heterocycles. The fourth-order valence-corrected chi connectivity index (χ4v) is 3.60. The highest BCUT2D eigenvalue weighted by molar-refractivity contribution is 5.14. The largest absolute Gasteiger partial charge is 0.378 e. The van der Waals surface area contributed by atoms with Gasteiger partial charge in [-0.2, -0.15) is 5.10 Å². The van der Waals surface area contributed by atoms with Crippen LogP contribution >= 0.6 is 0 Å². The van der Waals surface area contributed by atoms with Crippen molar-refractivity contribution >= 4 is 0 Å². The number of hydrogen-bond acceptors (Lipinski definition) is 5. The van der Waals surface area contributed by atoms with Gasteiger partial charge in [0.25, 0.3) is 0 Å². The molecule has 0 radical (unpaired) electrons. The SMILES string of the molecule is Cc1cc(C(NN)C2CCOC3(CCOC3)C2)n(C)n1. The van der Waals surface area contributed by atoms with E-state index in [4.69, 9.17) is 15.3 Å². The molecule has 2 saturated heterocycles. The Hall–Kier alpha value is -0.950. The second-order valence-corrected chi connectivity index (χ2v) is 6.07. The van der Waals surface area contributed by atoms with Crippen LogP contribution < -0.4 is 11.3 Å². The molecule has 3 rings (SSSR count). The Labute approximate surface area is 119 Å². The third-order valence-electron chi connectivity index (χ3n) is 4.61. The van der Waals surface area contributed by atoms with Crippen molar-refractivity contribution in [3.05, 3.63) is 17.5 Å². The van der Waals surface area contributed by atoms with Gasteiger partial charge in [-0.05, 0) is 31.7 Å². The van der Waals surface area contributed by atoms with E-state index in [1.165, 1.54) is 0 Å². The van der Waals surface area contributed by atoms with E-state index >= 15 is 0 Å². The quantitative estimate of drug-likeness (QED) is 0.633. The summed E-state index contributed by atoms with van der Waals surface area (Å²) in [6.07, 6.45) is 3.00. The zero-order valence-electron chi connectivity index (χ0n) is 12.3. The number of ether oxygens (including phenoxy) is 2. The number of nitrogens with one attached hydrogen (secondary N) is 1. The van der Waals surface area contributed by atoms with Crippen molar-refractivity contribution in [2.75, 3.05) is 19.8 Å². The first kappa shape index (κ1) is 14.0. The molecule has 6 heteroatoms. The highest BCUT2D eigenvalue weighted by atomic mass is 16.6. The molecule has 112 valence electrons. The lowest BCUT2D eigenvalue weighted by Gasteiger charge is -2.40. The van der Waals surface area contributed by atoms with Crippen LogP contribution in [0.4, 0.5) is 0 Å². The molecule has 0 bridgehead atoms. The van der Waals surface area contributed by atoms with E-state index in [0.29, 0.717) is 12.5 Å². The maximum absolute atomic E-state index is 6.01. The van der Waals surface area contributed by atoms with E-state index in [-0.39, 0.29) is 11.6 Å². The number of aromatic nitrogens is 2. The summed E-state index contributed by atoms with van der Waals surface area (Å²) in [5.74, 6) is 6.29. The Kier molecular flexibility index (Phi) is 3.81. The molecule has 3 heterocycles. The van der Waals surface area contributed by atoms with E-state index in [2.05, 4.69) is 16.6 Å². The minimum absolute atomic E-state index is 0.0916. The van der Waals surface area contributed by atoms with Gasteiger partial charge in [-0.25, -0.2) is 0 Å². The monoisotopic (exact) mass is 280 g/mol. The van der Waals surface area contributed by atoms with E-state index in [9.17, 15) is 0 Å². The second-order valence-electron chi connectivity index (χ2n) is 6.07. The lowest BCUT2D eigenvalue weighted by Crippen LogP contribution is -2.45. The summed E-state index contributed by atoms with van der Waals surface area (Å²) in [4.78, 5) is 0. The predicted molar refractivity (Wildman–Crippen MR) is 74.9 cm³/mol. The number of aryl methyl sites for hydroxylation is 2. The van der Waals surface area contributed by atoms with Crippen molar-refractivity contribution < 1.29 is 9.47 Å². The lowest BCUT2D eigenvalue weighted by molar-refractivity contribution is -0.103. The van der Waals surface area contributed by atoms with Crippen LogP contribution in [0.2, 0.25) is 0 Å². The minimum atomic E-state index is -0.0916. The van der Waals surface area contributed by atoms with E-state index in [1.807, 2.05) is 18.7 Å². The summed E-state index contributed by atoms with van der Waals surface area (Å²) < 4.78 is 13.5. The molecule has 3 unspecified atom stereocenters. The molecular formula is C14H24N4O2. The zero-order chi connectivity index (χ0) is 14.2. The Morgan fingerprint density at radius 3 is 3.00 bits per heavy atom. The van der Waals surface area contributed by atoms with E-state index < -0.39 is 0 Å². The van der Waals surface area contributed by atoms with Gasteiger partial charge in [0.05, 0.1) is 29.6 Å². The molecule has 2 fully saturated rings. The summed E-state index contributed by atoms with van der Waals surface area (Å²) in [6, 6.07) is 2.22. The highest BCUT2D eigenvalue weighted by Gasteiger charge is 2.43. The van der Waals surface area contributed by atoms with Crippen LogP contribution in [0, 0.1) is 12.8 Å². The minimum Gasteiger partial charge on any atom is -0.378 e. The van der Waals surface area contributed by atoms with Gasteiger partial charge < -0.3 is 9.47 Å². The normalized spacial score (nSPS) is 31.9. The summed E-state index contributed by atoms with van der Waals surface area (Å²) >= 11 is 0. The van der Waals surface area contributed by atoms with Crippen molar-refractivity contribution in [3.8, 4) is 0 Å². The van der Waals surface area contributed by atoms with Crippen LogP contribution in [0.1, 0.15) is 36.7 Å².